The Hall–Kier alpha value is -1.87. The molecule has 1 atom stereocenters. The molecule has 1 aromatic heterocycles. The second-order valence-corrected chi connectivity index (χ2v) is 5.03. The summed E-state index contributed by atoms with van der Waals surface area (Å²) in [4.78, 5) is 4.21. The quantitative estimate of drug-likeness (QED) is 0.873. The lowest BCUT2D eigenvalue weighted by atomic mass is 10.0. The van der Waals surface area contributed by atoms with Crippen LogP contribution in [0.1, 0.15) is 29.2 Å². The van der Waals surface area contributed by atoms with Crippen LogP contribution in [-0.2, 0) is 0 Å². The number of ether oxygens (including phenoxy) is 1. The summed E-state index contributed by atoms with van der Waals surface area (Å²) in [5.74, 6) is 0.933. The van der Waals surface area contributed by atoms with Crippen LogP contribution in [0.15, 0.2) is 42.7 Å². The van der Waals surface area contributed by atoms with Crippen LogP contribution in [-0.4, -0.2) is 18.6 Å². The van der Waals surface area contributed by atoms with Gasteiger partial charge >= 0.3 is 0 Å². The van der Waals surface area contributed by atoms with E-state index in [1.807, 2.05) is 37.6 Å². The molecule has 0 aliphatic rings. The molecule has 1 unspecified atom stereocenters. The second-order valence-electron chi connectivity index (χ2n) is 5.03. The molecule has 0 fully saturated rings. The third-order valence-corrected chi connectivity index (χ3v) is 3.47. The van der Waals surface area contributed by atoms with Crippen molar-refractivity contribution in [3.8, 4) is 5.75 Å². The smallest absolute Gasteiger partial charge is 0.119 e. The molecule has 3 nitrogen and oxygen atoms in total. The fourth-order valence-corrected chi connectivity index (χ4v) is 2.30. The van der Waals surface area contributed by atoms with E-state index in [4.69, 9.17) is 4.74 Å². The maximum Gasteiger partial charge on any atom is 0.119 e. The van der Waals surface area contributed by atoms with Crippen molar-refractivity contribution in [1.29, 1.82) is 0 Å². The molecule has 0 bridgehead atoms. The zero-order valence-corrected chi connectivity index (χ0v) is 12.4. The second kappa shape index (κ2) is 7.06. The van der Waals surface area contributed by atoms with Crippen LogP contribution in [0.4, 0.5) is 0 Å². The molecule has 0 saturated heterocycles. The number of pyridine rings is 1. The van der Waals surface area contributed by atoms with Crippen LogP contribution < -0.4 is 10.1 Å². The normalized spacial score (nSPS) is 12.2. The van der Waals surface area contributed by atoms with E-state index in [0.29, 0.717) is 6.61 Å². The van der Waals surface area contributed by atoms with E-state index >= 15 is 0 Å². The summed E-state index contributed by atoms with van der Waals surface area (Å²) in [6, 6.07) is 10.5. The Morgan fingerprint density at radius 3 is 2.80 bits per heavy atom. The molecule has 2 rings (SSSR count). The van der Waals surface area contributed by atoms with Crippen molar-refractivity contribution in [2.75, 3.05) is 13.7 Å². The van der Waals surface area contributed by atoms with Crippen molar-refractivity contribution in [2.24, 2.45) is 0 Å². The van der Waals surface area contributed by atoms with Crippen molar-refractivity contribution >= 4 is 0 Å². The van der Waals surface area contributed by atoms with Crippen molar-refractivity contribution in [3.63, 3.8) is 0 Å². The largest absolute Gasteiger partial charge is 0.494 e. The summed E-state index contributed by atoms with van der Waals surface area (Å²) < 4.78 is 5.82. The Morgan fingerprint density at radius 1 is 1.25 bits per heavy atom. The number of rotatable bonds is 6. The van der Waals surface area contributed by atoms with E-state index in [1.165, 1.54) is 16.7 Å². The molecule has 0 aliphatic heterocycles. The van der Waals surface area contributed by atoms with Crippen LogP contribution in [0.5, 0.6) is 5.75 Å². The van der Waals surface area contributed by atoms with Gasteiger partial charge in [-0.15, -0.1) is 0 Å². The molecule has 1 N–H and O–H groups in total. The van der Waals surface area contributed by atoms with Gasteiger partial charge in [-0.25, -0.2) is 0 Å². The van der Waals surface area contributed by atoms with Gasteiger partial charge in [0.2, 0.25) is 0 Å². The van der Waals surface area contributed by atoms with Crippen molar-refractivity contribution < 1.29 is 4.74 Å². The third kappa shape index (κ3) is 3.81. The highest BCUT2D eigenvalue weighted by Crippen LogP contribution is 2.20. The highest BCUT2D eigenvalue weighted by molar-refractivity contribution is 5.28. The van der Waals surface area contributed by atoms with Gasteiger partial charge in [-0.3, -0.25) is 4.98 Å². The summed E-state index contributed by atoms with van der Waals surface area (Å²) in [5.41, 5.74) is 3.72. The topological polar surface area (TPSA) is 34.1 Å². The molecule has 0 saturated carbocycles. The van der Waals surface area contributed by atoms with E-state index in [-0.39, 0.29) is 6.04 Å². The Bertz CT molecular complexity index is 554. The number of nitrogens with one attached hydrogen (secondary N) is 1. The molecule has 0 amide bonds. The van der Waals surface area contributed by atoms with E-state index in [0.717, 1.165) is 12.2 Å². The maximum atomic E-state index is 5.82. The number of benzene rings is 1. The zero-order chi connectivity index (χ0) is 14.4. The summed E-state index contributed by atoms with van der Waals surface area (Å²) >= 11 is 0. The standard InChI is InChI=1S/C17H22N2O/c1-13-5-4-6-15(11-13)20-10-8-17(18-3)16-12-19-9-7-14(16)2/h4-7,9,11-12,17-18H,8,10H2,1-3H3. The predicted octanol–water partition coefficient (Wildman–Crippen LogP) is 3.43. The molecule has 20 heavy (non-hydrogen) atoms. The van der Waals surface area contributed by atoms with Gasteiger partial charge in [0.25, 0.3) is 0 Å². The van der Waals surface area contributed by atoms with Gasteiger partial charge in [0.1, 0.15) is 5.75 Å². The van der Waals surface area contributed by atoms with Gasteiger partial charge in [-0.2, -0.15) is 0 Å². The van der Waals surface area contributed by atoms with E-state index in [1.54, 1.807) is 0 Å². The first-order chi connectivity index (χ1) is 9.70. The van der Waals surface area contributed by atoms with Crippen molar-refractivity contribution in [2.45, 2.75) is 26.3 Å². The van der Waals surface area contributed by atoms with Gasteiger partial charge < -0.3 is 10.1 Å². The summed E-state index contributed by atoms with van der Waals surface area (Å²) in [7, 11) is 1.98. The monoisotopic (exact) mass is 270 g/mol. The van der Waals surface area contributed by atoms with E-state index < -0.39 is 0 Å². The Kier molecular flexibility index (Phi) is 5.13. The van der Waals surface area contributed by atoms with E-state index in [2.05, 4.69) is 36.3 Å². The van der Waals surface area contributed by atoms with Crippen LogP contribution in [0.25, 0.3) is 0 Å². The van der Waals surface area contributed by atoms with Crippen LogP contribution in [0.2, 0.25) is 0 Å². The minimum atomic E-state index is 0.272. The molecule has 2 aromatic rings. The highest BCUT2D eigenvalue weighted by Gasteiger charge is 2.11. The lowest BCUT2D eigenvalue weighted by molar-refractivity contribution is 0.289. The maximum absolute atomic E-state index is 5.82. The summed E-state index contributed by atoms with van der Waals surface area (Å²) in [5, 5.41) is 3.34. The number of aryl methyl sites for hydroxylation is 2. The molecule has 0 radical (unpaired) electrons. The number of hydrogen-bond acceptors (Lipinski definition) is 3. The van der Waals surface area contributed by atoms with Crippen LogP contribution in [0, 0.1) is 13.8 Å². The molecule has 0 spiro atoms. The van der Waals surface area contributed by atoms with Gasteiger partial charge in [0, 0.05) is 24.9 Å². The van der Waals surface area contributed by atoms with Gasteiger partial charge in [0.05, 0.1) is 6.61 Å². The fourth-order valence-electron chi connectivity index (χ4n) is 2.30. The van der Waals surface area contributed by atoms with Crippen molar-refractivity contribution in [1.82, 2.24) is 10.3 Å². The first kappa shape index (κ1) is 14.5. The molecule has 1 aromatic carbocycles. The first-order valence-electron chi connectivity index (χ1n) is 6.98. The molecule has 1 heterocycles. The number of nitrogens with zero attached hydrogens (tertiary/aromatic N) is 1. The Morgan fingerprint density at radius 2 is 2.10 bits per heavy atom. The summed E-state index contributed by atoms with van der Waals surface area (Å²) in [6.45, 7) is 4.87. The van der Waals surface area contributed by atoms with Crippen LogP contribution >= 0.6 is 0 Å². The first-order valence-corrected chi connectivity index (χ1v) is 6.98. The zero-order valence-electron chi connectivity index (χ0n) is 12.4. The average Bonchev–Trinajstić information content (AvgIpc) is 2.45. The van der Waals surface area contributed by atoms with Crippen LogP contribution in [0.3, 0.4) is 0 Å². The molecule has 106 valence electrons. The van der Waals surface area contributed by atoms with E-state index in [9.17, 15) is 0 Å². The Balaban J connectivity index is 1.93. The molecular weight excluding hydrogens is 248 g/mol. The molecule has 3 heteroatoms. The number of hydrogen-bond donors (Lipinski definition) is 1. The minimum absolute atomic E-state index is 0.272. The lowest BCUT2D eigenvalue weighted by Crippen LogP contribution is -2.20. The van der Waals surface area contributed by atoms with Gasteiger partial charge in [-0.1, -0.05) is 12.1 Å². The number of aromatic nitrogens is 1. The molecule has 0 aliphatic carbocycles. The minimum Gasteiger partial charge on any atom is -0.494 e. The molecular formula is C17H22N2O. The highest BCUT2D eigenvalue weighted by atomic mass is 16.5. The Labute approximate surface area is 121 Å². The van der Waals surface area contributed by atoms with Gasteiger partial charge in [0.15, 0.2) is 0 Å². The third-order valence-electron chi connectivity index (χ3n) is 3.47. The summed E-state index contributed by atoms with van der Waals surface area (Å²) in [6.07, 6.45) is 4.68. The SMILES string of the molecule is CNC(CCOc1cccc(C)c1)c1cnccc1C. The van der Waals surface area contributed by atoms with Gasteiger partial charge in [-0.05, 0) is 55.8 Å². The predicted molar refractivity (Wildman–Crippen MR) is 82.1 cm³/mol. The average molecular weight is 270 g/mol. The lowest BCUT2D eigenvalue weighted by Gasteiger charge is -2.18. The van der Waals surface area contributed by atoms with Crippen molar-refractivity contribution in [3.05, 3.63) is 59.4 Å². The fraction of sp³-hybridized carbons (Fsp3) is 0.353.